The molecule has 3 nitrogen and oxygen atoms in total. The van der Waals surface area contributed by atoms with Gasteiger partial charge in [0.25, 0.3) is 0 Å². The van der Waals surface area contributed by atoms with Crippen molar-refractivity contribution in [3.8, 4) is 0 Å². The molecule has 0 aromatic heterocycles. The number of thiol groups is 1. The van der Waals surface area contributed by atoms with Crippen LogP contribution in [-0.4, -0.2) is 39.5 Å². The second-order valence-electron chi connectivity index (χ2n) is 9.57. The maximum Gasteiger partial charge on any atom is 0.246 e. The fourth-order valence-electron chi connectivity index (χ4n) is 5.87. The third kappa shape index (κ3) is 5.09. The largest absolute Gasteiger partial charge is 0.281 e. The molecule has 1 aromatic rings. The number of rotatable bonds is 9. The van der Waals surface area contributed by atoms with Crippen molar-refractivity contribution in [2.45, 2.75) is 82.8 Å². The SMILES string of the molecule is CC.CC1CCCC(CN2C(=O)[C@H]3C[C@@H](c4ccccc4)[C@@]3(SCCCCCS)C2=O)C1. The molecule has 1 aliphatic heterocycles. The Balaban J connectivity index is 0.00000141. The number of nitrogens with zero attached hydrogens (tertiary/aromatic N) is 1. The molecule has 2 unspecified atom stereocenters. The lowest BCUT2D eigenvalue weighted by atomic mass is 9.62. The molecule has 2 saturated carbocycles. The summed E-state index contributed by atoms with van der Waals surface area (Å²) in [6.07, 6.45) is 8.96. The summed E-state index contributed by atoms with van der Waals surface area (Å²) in [5.74, 6) is 3.28. The van der Waals surface area contributed by atoms with E-state index in [0.29, 0.717) is 18.4 Å². The molecule has 2 amide bonds. The van der Waals surface area contributed by atoms with Gasteiger partial charge in [0.2, 0.25) is 11.8 Å². The van der Waals surface area contributed by atoms with E-state index in [2.05, 4.69) is 43.8 Å². The number of carbonyl (C=O) groups is 2. The molecule has 178 valence electrons. The minimum absolute atomic E-state index is 0.105. The van der Waals surface area contributed by atoms with Crippen LogP contribution in [-0.2, 0) is 9.59 Å². The molecule has 0 radical (unpaired) electrons. The number of unbranched alkanes of at least 4 members (excludes halogenated alkanes) is 2. The summed E-state index contributed by atoms with van der Waals surface area (Å²) in [5.41, 5.74) is 1.21. The molecule has 4 rings (SSSR count). The molecule has 0 N–H and O–H groups in total. The number of hydrogen-bond acceptors (Lipinski definition) is 4. The molecular formula is C27H41NO2S2. The number of benzene rings is 1. The number of hydrogen-bond donors (Lipinski definition) is 1. The topological polar surface area (TPSA) is 37.4 Å². The first-order valence-electron chi connectivity index (χ1n) is 12.7. The van der Waals surface area contributed by atoms with E-state index in [1.165, 1.54) is 18.4 Å². The molecule has 0 spiro atoms. The lowest BCUT2D eigenvalue weighted by Crippen LogP contribution is -2.54. The summed E-state index contributed by atoms with van der Waals surface area (Å²) in [7, 11) is 0. The van der Waals surface area contributed by atoms with Crippen LogP contribution in [0.1, 0.15) is 83.6 Å². The van der Waals surface area contributed by atoms with Crippen LogP contribution in [0.15, 0.2) is 30.3 Å². The monoisotopic (exact) mass is 475 g/mol. The normalized spacial score (nSPS) is 31.6. The number of imide groups is 1. The molecule has 1 heterocycles. The Kier molecular flexibility index (Phi) is 9.60. The summed E-state index contributed by atoms with van der Waals surface area (Å²) in [6.45, 7) is 6.94. The average molecular weight is 476 g/mol. The van der Waals surface area contributed by atoms with E-state index < -0.39 is 4.75 Å². The Morgan fingerprint density at radius 1 is 1.03 bits per heavy atom. The van der Waals surface area contributed by atoms with Crippen LogP contribution in [0.25, 0.3) is 0 Å². The number of carbonyl (C=O) groups excluding carboxylic acids is 2. The van der Waals surface area contributed by atoms with Crippen molar-refractivity contribution in [3.63, 3.8) is 0 Å². The smallest absolute Gasteiger partial charge is 0.246 e. The molecular weight excluding hydrogens is 434 g/mol. The molecule has 5 atom stereocenters. The van der Waals surface area contributed by atoms with Crippen molar-refractivity contribution >= 4 is 36.2 Å². The standard InChI is InChI=1S/C25H35NO2S2.C2H6/c1-18-9-8-10-19(15-18)17-26-23(27)22-16-21(20-11-4-2-5-12-20)25(22,24(26)28)30-14-7-3-6-13-29;1-2/h2,4-5,11-12,18-19,21-22,29H,3,6-10,13-17H2,1H3;1-2H3/t18?,19?,21-,22+,25-;/m0./s1. The van der Waals surface area contributed by atoms with Crippen LogP contribution in [0.2, 0.25) is 0 Å². The predicted octanol–water partition coefficient (Wildman–Crippen LogP) is 6.58. The van der Waals surface area contributed by atoms with Gasteiger partial charge in [-0.1, -0.05) is 70.4 Å². The molecule has 0 bridgehead atoms. The average Bonchev–Trinajstić information content (AvgIpc) is 2.94. The number of thioether (sulfide) groups is 1. The highest BCUT2D eigenvalue weighted by molar-refractivity contribution is 8.01. The summed E-state index contributed by atoms with van der Waals surface area (Å²) in [6, 6.07) is 10.4. The molecule has 32 heavy (non-hydrogen) atoms. The van der Waals surface area contributed by atoms with Gasteiger partial charge in [-0.25, -0.2) is 0 Å². The Morgan fingerprint density at radius 2 is 1.78 bits per heavy atom. The first kappa shape index (κ1) is 25.7. The molecule has 1 aromatic carbocycles. The highest BCUT2D eigenvalue weighted by Gasteiger charge is 2.70. The zero-order valence-corrected chi connectivity index (χ0v) is 21.8. The highest BCUT2D eigenvalue weighted by Crippen LogP contribution is 2.63. The third-order valence-corrected chi connectivity index (χ3v) is 9.51. The van der Waals surface area contributed by atoms with Crippen LogP contribution >= 0.6 is 24.4 Å². The zero-order valence-electron chi connectivity index (χ0n) is 20.1. The lowest BCUT2D eigenvalue weighted by molar-refractivity contribution is -0.140. The number of fused-ring (bicyclic) bond motifs is 1. The predicted molar refractivity (Wildman–Crippen MR) is 139 cm³/mol. The van der Waals surface area contributed by atoms with Gasteiger partial charge in [-0.15, -0.1) is 11.8 Å². The number of likely N-dealkylation sites (tertiary alicyclic amines) is 1. The summed E-state index contributed by atoms with van der Waals surface area (Å²) in [5, 5.41) is 0. The fourth-order valence-corrected chi connectivity index (χ4v) is 7.85. The molecule has 2 aliphatic carbocycles. The van der Waals surface area contributed by atoms with Gasteiger partial charge in [-0.3, -0.25) is 14.5 Å². The Hall–Kier alpha value is -0.940. The van der Waals surface area contributed by atoms with E-state index in [9.17, 15) is 9.59 Å². The van der Waals surface area contributed by atoms with Gasteiger partial charge in [-0.2, -0.15) is 12.6 Å². The van der Waals surface area contributed by atoms with Gasteiger partial charge >= 0.3 is 0 Å². The minimum atomic E-state index is -0.570. The van der Waals surface area contributed by atoms with Gasteiger partial charge in [0.05, 0.1) is 5.92 Å². The summed E-state index contributed by atoms with van der Waals surface area (Å²) in [4.78, 5) is 28.8. The molecule has 1 saturated heterocycles. The number of amides is 2. The first-order chi connectivity index (χ1) is 15.6. The second kappa shape index (κ2) is 12.0. The van der Waals surface area contributed by atoms with Crippen molar-refractivity contribution in [2.75, 3.05) is 18.1 Å². The molecule has 3 aliphatic rings. The van der Waals surface area contributed by atoms with Crippen LogP contribution < -0.4 is 0 Å². The van der Waals surface area contributed by atoms with Crippen molar-refractivity contribution in [1.82, 2.24) is 4.90 Å². The van der Waals surface area contributed by atoms with E-state index >= 15 is 0 Å². The maximum absolute atomic E-state index is 13.8. The van der Waals surface area contributed by atoms with Gasteiger partial charge in [0.1, 0.15) is 4.75 Å². The minimum Gasteiger partial charge on any atom is -0.281 e. The lowest BCUT2D eigenvalue weighted by Gasteiger charge is -2.48. The van der Waals surface area contributed by atoms with Gasteiger partial charge in [-0.05, 0) is 61.0 Å². The van der Waals surface area contributed by atoms with E-state index in [1.54, 1.807) is 16.7 Å². The third-order valence-electron chi connectivity index (χ3n) is 7.48. The Bertz CT molecular complexity index is 755. The summed E-state index contributed by atoms with van der Waals surface area (Å²) >= 11 is 6.08. The van der Waals surface area contributed by atoms with Crippen LogP contribution in [0.4, 0.5) is 0 Å². The van der Waals surface area contributed by atoms with E-state index in [1.807, 2.05) is 19.9 Å². The van der Waals surface area contributed by atoms with Crippen LogP contribution in [0, 0.1) is 17.8 Å². The van der Waals surface area contributed by atoms with Crippen molar-refractivity contribution in [2.24, 2.45) is 17.8 Å². The summed E-state index contributed by atoms with van der Waals surface area (Å²) < 4.78 is -0.570. The Labute approximate surface area is 204 Å². The fraction of sp³-hybridized carbons (Fsp3) is 0.704. The highest BCUT2D eigenvalue weighted by atomic mass is 32.2. The van der Waals surface area contributed by atoms with Crippen molar-refractivity contribution in [3.05, 3.63) is 35.9 Å². The maximum atomic E-state index is 13.8. The van der Waals surface area contributed by atoms with Crippen LogP contribution in [0.5, 0.6) is 0 Å². The van der Waals surface area contributed by atoms with Gasteiger partial charge in [0, 0.05) is 12.5 Å². The first-order valence-corrected chi connectivity index (χ1v) is 14.3. The van der Waals surface area contributed by atoms with E-state index in [0.717, 1.165) is 50.0 Å². The zero-order chi connectivity index (χ0) is 23.1. The second-order valence-corrected chi connectivity index (χ2v) is 11.4. The quantitative estimate of drug-likeness (QED) is 0.249. The van der Waals surface area contributed by atoms with E-state index in [4.69, 9.17) is 0 Å². The van der Waals surface area contributed by atoms with Crippen molar-refractivity contribution < 1.29 is 9.59 Å². The Morgan fingerprint density at radius 3 is 2.47 bits per heavy atom. The van der Waals surface area contributed by atoms with E-state index in [-0.39, 0.29) is 23.7 Å². The molecule has 3 fully saturated rings. The van der Waals surface area contributed by atoms with Gasteiger partial charge in [0.15, 0.2) is 0 Å². The van der Waals surface area contributed by atoms with Crippen molar-refractivity contribution in [1.29, 1.82) is 0 Å². The van der Waals surface area contributed by atoms with Gasteiger partial charge < -0.3 is 0 Å². The molecule has 5 heteroatoms. The van der Waals surface area contributed by atoms with Crippen LogP contribution in [0.3, 0.4) is 0 Å².